The Labute approximate surface area is 130 Å². The second kappa shape index (κ2) is 6.64. The Bertz CT molecular complexity index is 655. The molecule has 2 aromatic rings. The molecule has 0 aromatic heterocycles. The summed E-state index contributed by atoms with van der Waals surface area (Å²) in [6.45, 7) is 5.18. The number of carbonyl (C=O) groups excluding carboxylic acids is 1. The van der Waals surface area contributed by atoms with Crippen LogP contribution in [0.2, 0.25) is 5.02 Å². The molecule has 0 aliphatic heterocycles. The van der Waals surface area contributed by atoms with E-state index >= 15 is 0 Å². The molecule has 0 bridgehead atoms. The number of rotatable bonds is 4. The van der Waals surface area contributed by atoms with Gasteiger partial charge in [-0.3, -0.25) is 4.79 Å². The molecule has 0 atom stereocenters. The molecule has 0 saturated heterocycles. The largest absolute Gasteiger partial charge is 0.399 e. The lowest BCUT2D eigenvalue weighted by Crippen LogP contribution is -2.30. The molecule has 0 heterocycles. The number of hydrogen-bond acceptors (Lipinski definition) is 2. The van der Waals surface area contributed by atoms with E-state index in [2.05, 4.69) is 6.07 Å². The zero-order valence-corrected chi connectivity index (χ0v) is 13.0. The first-order chi connectivity index (χ1) is 10.0. The van der Waals surface area contributed by atoms with Crippen LogP contribution < -0.4 is 5.73 Å². The SMILES string of the molecule is CCN(Cc1cccc(C)c1)C(=O)c1ccc(N)cc1Cl. The number of benzene rings is 2. The third-order valence-corrected chi connectivity index (χ3v) is 3.66. The highest BCUT2D eigenvalue weighted by molar-refractivity contribution is 6.34. The van der Waals surface area contributed by atoms with Gasteiger partial charge in [0, 0.05) is 18.8 Å². The van der Waals surface area contributed by atoms with Crippen molar-refractivity contribution in [2.45, 2.75) is 20.4 Å². The number of hydrogen-bond donors (Lipinski definition) is 1. The summed E-state index contributed by atoms with van der Waals surface area (Å²) in [5.41, 5.74) is 9.00. The van der Waals surface area contributed by atoms with Crippen LogP contribution in [-0.4, -0.2) is 17.4 Å². The number of anilines is 1. The average Bonchev–Trinajstić information content (AvgIpc) is 2.44. The molecule has 2 aromatic carbocycles. The van der Waals surface area contributed by atoms with Gasteiger partial charge in [0.05, 0.1) is 10.6 Å². The molecule has 0 aliphatic rings. The lowest BCUT2D eigenvalue weighted by molar-refractivity contribution is 0.0753. The monoisotopic (exact) mass is 302 g/mol. The highest BCUT2D eigenvalue weighted by Crippen LogP contribution is 2.21. The van der Waals surface area contributed by atoms with E-state index in [0.717, 1.165) is 5.56 Å². The van der Waals surface area contributed by atoms with Gasteiger partial charge in [-0.15, -0.1) is 0 Å². The summed E-state index contributed by atoms with van der Waals surface area (Å²) in [4.78, 5) is 14.4. The van der Waals surface area contributed by atoms with Crippen LogP contribution >= 0.6 is 11.6 Å². The van der Waals surface area contributed by atoms with E-state index in [-0.39, 0.29) is 5.91 Å². The summed E-state index contributed by atoms with van der Waals surface area (Å²) < 4.78 is 0. The summed E-state index contributed by atoms with van der Waals surface area (Å²) in [6.07, 6.45) is 0. The molecule has 110 valence electrons. The molecule has 0 fully saturated rings. The van der Waals surface area contributed by atoms with Crippen LogP contribution in [0.1, 0.15) is 28.4 Å². The molecule has 4 heteroatoms. The van der Waals surface area contributed by atoms with Gasteiger partial charge in [-0.25, -0.2) is 0 Å². The Morgan fingerprint density at radius 3 is 2.62 bits per heavy atom. The van der Waals surface area contributed by atoms with Crippen LogP contribution in [0.5, 0.6) is 0 Å². The Balaban J connectivity index is 2.22. The van der Waals surface area contributed by atoms with Crippen molar-refractivity contribution in [3.63, 3.8) is 0 Å². The van der Waals surface area contributed by atoms with Crippen LogP contribution in [-0.2, 0) is 6.54 Å². The van der Waals surface area contributed by atoms with Crippen molar-refractivity contribution in [2.24, 2.45) is 0 Å². The van der Waals surface area contributed by atoms with Crippen molar-refractivity contribution in [1.29, 1.82) is 0 Å². The van der Waals surface area contributed by atoms with E-state index < -0.39 is 0 Å². The van der Waals surface area contributed by atoms with Gasteiger partial charge in [0.2, 0.25) is 0 Å². The Morgan fingerprint density at radius 1 is 1.24 bits per heavy atom. The molecule has 0 spiro atoms. The second-order valence-electron chi connectivity index (χ2n) is 5.05. The third-order valence-electron chi connectivity index (χ3n) is 3.35. The van der Waals surface area contributed by atoms with E-state index in [9.17, 15) is 4.79 Å². The maximum absolute atomic E-state index is 12.6. The summed E-state index contributed by atoms with van der Waals surface area (Å²) >= 11 is 6.13. The number of nitrogens with two attached hydrogens (primary N) is 1. The number of nitrogens with zero attached hydrogens (tertiary/aromatic N) is 1. The number of amides is 1. The number of carbonyl (C=O) groups is 1. The minimum Gasteiger partial charge on any atom is -0.399 e. The van der Waals surface area contributed by atoms with Crippen molar-refractivity contribution >= 4 is 23.2 Å². The fourth-order valence-corrected chi connectivity index (χ4v) is 2.50. The van der Waals surface area contributed by atoms with Gasteiger partial charge < -0.3 is 10.6 Å². The fraction of sp³-hybridized carbons (Fsp3) is 0.235. The van der Waals surface area contributed by atoms with E-state index in [1.807, 2.05) is 32.0 Å². The van der Waals surface area contributed by atoms with Gasteiger partial charge in [-0.1, -0.05) is 41.4 Å². The molecule has 1 amide bonds. The maximum atomic E-state index is 12.6. The molecular formula is C17H19ClN2O. The number of halogens is 1. The Hall–Kier alpha value is -2.00. The summed E-state index contributed by atoms with van der Waals surface area (Å²) in [5, 5.41) is 0.391. The van der Waals surface area contributed by atoms with Crippen molar-refractivity contribution in [3.05, 3.63) is 64.2 Å². The van der Waals surface area contributed by atoms with E-state index in [4.69, 9.17) is 17.3 Å². The first-order valence-electron chi connectivity index (χ1n) is 6.91. The molecule has 21 heavy (non-hydrogen) atoms. The van der Waals surface area contributed by atoms with E-state index in [1.165, 1.54) is 5.56 Å². The topological polar surface area (TPSA) is 46.3 Å². The van der Waals surface area contributed by atoms with E-state index in [1.54, 1.807) is 23.1 Å². The van der Waals surface area contributed by atoms with E-state index in [0.29, 0.717) is 29.4 Å². The second-order valence-corrected chi connectivity index (χ2v) is 5.45. The Morgan fingerprint density at radius 2 is 2.00 bits per heavy atom. The van der Waals surface area contributed by atoms with Crippen LogP contribution in [0, 0.1) is 6.92 Å². The lowest BCUT2D eigenvalue weighted by Gasteiger charge is -2.22. The van der Waals surface area contributed by atoms with Gasteiger partial charge in [0.1, 0.15) is 0 Å². The summed E-state index contributed by atoms with van der Waals surface area (Å²) in [7, 11) is 0. The zero-order chi connectivity index (χ0) is 15.4. The summed E-state index contributed by atoms with van der Waals surface area (Å²) in [5.74, 6) is -0.0796. The molecular weight excluding hydrogens is 284 g/mol. The van der Waals surface area contributed by atoms with Crippen molar-refractivity contribution in [1.82, 2.24) is 4.90 Å². The predicted molar refractivity (Wildman–Crippen MR) is 87.5 cm³/mol. The molecule has 0 saturated carbocycles. The first-order valence-corrected chi connectivity index (χ1v) is 7.29. The molecule has 0 radical (unpaired) electrons. The molecule has 3 nitrogen and oxygen atoms in total. The molecule has 0 unspecified atom stereocenters. The smallest absolute Gasteiger partial charge is 0.255 e. The first kappa shape index (κ1) is 15.4. The van der Waals surface area contributed by atoms with Gasteiger partial charge in [-0.2, -0.15) is 0 Å². The average molecular weight is 303 g/mol. The minimum atomic E-state index is -0.0796. The lowest BCUT2D eigenvalue weighted by atomic mass is 10.1. The molecule has 2 rings (SSSR count). The van der Waals surface area contributed by atoms with Gasteiger partial charge >= 0.3 is 0 Å². The molecule has 2 N–H and O–H groups in total. The maximum Gasteiger partial charge on any atom is 0.255 e. The van der Waals surface area contributed by atoms with Crippen LogP contribution in [0.4, 0.5) is 5.69 Å². The zero-order valence-electron chi connectivity index (χ0n) is 12.3. The molecule has 0 aliphatic carbocycles. The van der Waals surface area contributed by atoms with Gasteiger partial charge in [0.25, 0.3) is 5.91 Å². The van der Waals surface area contributed by atoms with Crippen molar-refractivity contribution in [3.8, 4) is 0 Å². The number of aryl methyl sites for hydroxylation is 1. The quantitative estimate of drug-likeness (QED) is 0.871. The van der Waals surface area contributed by atoms with Crippen molar-refractivity contribution in [2.75, 3.05) is 12.3 Å². The summed E-state index contributed by atoms with van der Waals surface area (Å²) in [6, 6.07) is 13.1. The highest BCUT2D eigenvalue weighted by atomic mass is 35.5. The van der Waals surface area contributed by atoms with Crippen LogP contribution in [0.25, 0.3) is 0 Å². The standard InChI is InChI=1S/C17H19ClN2O/c1-3-20(11-13-6-4-5-12(2)9-13)17(21)15-8-7-14(19)10-16(15)18/h4-10H,3,11,19H2,1-2H3. The van der Waals surface area contributed by atoms with Gasteiger partial charge in [0.15, 0.2) is 0 Å². The predicted octanol–water partition coefficient (Wildman–Crippen LogP) is 3.89. The number of nitrogen functional groups attached to an aromatic ring is 1. The highest BCUT2D eigenvalue weighted by Gasteiger charge is 2.17. The fourth-order valence-electron chi connectivity index (χ4n) is 2.23. The normalized spacial score (nSPS) is 10.4. The van der Waals surface area contributed by atoms with Crippen LogP contribution in [0.3, 0.4) is 0 Å². The van der Waals surface area contributed by atoms with Gasteiger partial charge in [-0.05, 0) is 37.6 Å². The Kier molecular flexibility index (Phi) is 4.86. The third kappa shape index (κ3) is 3.76. The van der Waals surface area contributed by atoms with Crippen molar-refractivity contribution < 1.29 is 4.79 Å². The van der Waals surface area contributed by atoms with Crippen LogP contribution in [0.15, 0.2) is 42.5 Å². The minimum absolute atomic E-state index is 0.0796.